The second-order valence-electron chi connectivity index (χ2n) is 2.93. The SMILES string of the molecule is C=C(Br)Cn1c(=S)[nH]c2cnccc21. The van der Waals surface area contributed by atoms with Crippen LogP contribution in [0.3, 0.4) is 0 Å². The summed E-state index contributed by atoms with van der Waals surface area (Å²) in [6.07, 6.45) is 3.51. The van der Waals surface area contributed by atoms with Crippen molar-refractivity contribution in [3.63, 3.8) is 0 Å². The number of hydrogen-bond acceptors (Lipinski definition) is 2. The zero-order valence-corrected chi connectivity index (χ0v) is 9.73. The third-order valence-electron chi connectivity index (χ3n) is 1.91. The molecule has 2 heterocycles. The molecule has 0 bridgehead atoms. The molecule has 0 aliphatic heterocycles. The molecule has 0 saturated carbocycles. The fourth-order valence-corrected chi connectivity index (χ4v) is 1.86. The lowest BCUT2D eigenvalue weighted by Crippen LogP contribution is -1.96. The van der Waals surface area contributed by atoms with E-state index < -0.39 is 0 Å². The van der Waals surface area contributed by atoms with Gasteiger partial charge in [-0.15, -0.1) is 0 Å². The molecule has 2 rings (SSSR count). The van der Waals surface area contributed by atoms with E-state index in [0.29, 0.717) is 11.3 Å². The zero-order valence-electron chi connectivity index (χ0n) is 7.33. The van der Waals surface area contributed by atoms with Crippen molar-refractivity contribution in [1.29, 1.82) is 0 Å². The van der Waals surface area contributed by atoms with E-state index in [-0.39, 0.29) is 0 Å². The number of fused-ring (bicyclic) bond motifs is 1. The summed E-state index contributed by atoms with van der Waals surface area (Å²) in [5, 5.41) is 0. The first-order valence-electron chi connectivity index (χ1n) is 4.04. The van der Waals surface area contributed by atoms with E-state index in [9.17, 15) is 0 Å². The number of aromatic amines is 1. The van der Waals surface area contributed by atoms with Crippen LogP contribution in [0.25, 0.3) is 11.0 Å². The van der Waals surface area contributed by atoms with Gasteiger partial charge in [0.05, 0.1) is 23.8 Å². The number of halogens is 1. The first-order valence-corrected chi connectivity index (χ1v) is 5.24. The van der Waals surface area contributed by atoms with Crippen molar-refractivity contribution >= 4 is 39.2 Å². The van der Waals surface area contributed by atoms with Crippen molar-refractivity contribution < 1.29 is 0 Å². The molecule has 2 aromatic heterocycles. The van der Waals surface area contributed by atoms with E-state index in [1.54, 1.807) is 12.4 Å². The number of pyridine rings is 1. The first kappa shape index (κ1) is 9.61. The molecule has 0 amide bonds. The summed E-state index contributed by atoms with van der Waals surface area (Å²) in [7, 11) is 0. The van der Waals surface area contributed by atoms with Gasteiger partial charge < -0.3 is 9.55 Å². The van der Waals surface area contributed by atoms with Crippen LogP contribution in [0.15, 0.2) is 29.5 Å². The van der Waals surface area contributed by atoms with Crippen molar-refractivity contribution in [3.8, 4) is 0 Å². The third kappa shape index (κ3) is 1.65. The molecule has 0 saturated heterocycles. The molecule has 0 unspecified atom stereocenters. The van der Waals surface area contributed by atoms with Crippen molar-refractivity contribution in [2.45, 2.75) is 6.54 Å². The van der Waals surface area contributed by atoms with Crippen LogP contribution in [0, 0.1) is 4.77 Å². The standard InChI is InChI=1S/C9H8BrN3S/c1-6(10)5-13-8-2-3-11-4-7(8)12-9(13)14/h2-4H,1,5H2,(H,12,14). The Kier molecular flexibility index (Phi) is 2.52. The minimum absolute atomic E-state index is 0.669. The van der Waals surface area contributed by atoms with Gasteiger partial charge in [0.25, 0.3) is 0 Å². The smallest absolute Gasteiger partial charge is 0.178 e. The van der Waals surface area contributed by atoms with Gasteiger partial charge in [-0.05, 0) is 18.3 Å². The van der Waals surface area contributed by atoms with Gasteiger partial charge in [0.2, 0.25) is 0 Å². The average Bonchev–Trinajstić information content (AvgIpc) is 2.43. The van der Waals surface area contributed by atoms with Gasteiger partial charge in [0, 0.05) is 10.7 Å². The highest BCUT2D eigenvalue weighted by Gasteiger charge is 2.03. The van der Waals surface area contributed by atoms with E-state index >= 15 is 0 Å². The Bertz CT molecular complexity index is 540. The lowest BCUT2D eigenvalue weighted by molar-refractivity contribution is 0.829. The number of hydrogen-bond donors (Lipinski definition) is 1. The summed E-state index contributed by atoms with van der Waals surface area (Å²) in [4.78, 5) is 7.11. The maximum atomic E-state index is 5.19. The van der Waals surface area contributed by atoms with Crippen molar-refractivity contribution in [2.75, 3.05) is 0 Å². The Morgan fingerprint density at radius 1 is 1.71 bits per heavy atom. The first-order chi connectivity index (χ1) is 6.68. The Hall–Kier alpha value is -0.940. The molecule has 0 aliphatic carbocycles. The number of allylic oxidation sites excluding steroid dienone is 1. The fraction of sp³-hybridized carbons (Fsp3) is 0.111. The van der Waals surface area contributed by atoms with Gasteiger partial charge in [-0.1, -0.05) is 22.5 Å². The molecule has 72 valence electrons. The minimum Gasteiger partial charge on any atom is -0.329 e. The van der Waals surface area contributed by atoms with E-state index in [1.807, 2.05) is 10.6 Å². The van der Waals surface area contributed by atoms with Gasteiger partial charge in [0.1, 0.15) is 0 Å². The van der Waals surface area contributed by atoms with Gasteiger partial charge in [-0.3, -0.25) is 4.98 Å². The number of H-pyrrole nitrogens is 1. The van der Waals surface area contributed by atoms with Crippen LogP contribution in [0.4, 0.5) is 0 Å². The fourth-order valence-electron chi connectivity index (χ4n) is 1.34. The largest absolute Gasteiger partial charge is 0.329 e. The normalized spacial score (nSPS) is 10.6. The summed E-state index contributed by atoms with van der Waals surface area (Å²) < 4.78 is 3.56. The number of aromatic nitrogens is 3. The van der Waals surface area contributed by atoms with Crippen LogP contribution in [0.1, 0.15) is 0 Å². The molecule has 3 nitrogen and oxygen atoms in total. The lowest BCUT2D eigenvalue weighted by Gasteiger charge is -2.01. The molecule has 2 aromatic rings. The quantitative estimate of drug-likeness (QED) is 0.851. The molecule has 0 spiro atoms. The van der Waals surface area contributed by atoms with E-state index in [4.69, 9.17) is 12.2 Å². The molecular formula is C9H8BrN3S. The van der Waals surface area contributed by atoms with Crippen molar-refractivity contribution in [3.05, 3.63) is 34.3 Å². The second-order valence-corrected chi connectivity index (χ2v) is 4.43. The minimum atomic E-state index is 0.669. The average molecular weight is 270 g/mol. The second kappa shape index (κ2) is 3.67. The molecule has 0 atom stereocenters. The summed E-state index contributed by atoms with van der Waals surface area (Å²) >= 11 is 8.51. The predicted octanol–water partition coefficient (Wildman–Crippen LogP) is 3.00. The molecule has 1 N–H and O–H groups in total. The molecule has 0 aromatic carbocycles. The van der Waals surface area contributed by atoms with E-state index in [0.717, 1.165) is 15.5 Å². The molecule has 5 heteroatoms. The van der Waals surface area contributed by atoms with E-state index in [1.165, 1.54) is 0 Å². The Labute approximate surface area is 94.6 Å². The van der Waals surface area contributed by atoms with Gasteiger partial charge >= 0.3 is 0 Å². The highest BCUT2D eigenvalue weighted by Crippen LogP contribution is 2.15. The third-order valence-corrected chi connectivity index (χ3v) is 2.48. The topological polar surface area (TPSA) is 33.6 Å². The lowest BCUT2D eigenvalue weighted by atomic mass is 10.4. The van der Waals surface area contributed by atoms with Crippen LogP contribution >= 0.6 is 28.1 Å². The van der Waals surface area contributed by atoms with Crippen LogP contribution in [0.5, 0.6) is 0 Å². The van der Waals surface area contributed by atoms with Gasteiger partial charge in [-0.2, -0.15) is 0 Å². The molecule has 0 fully saturated rings. The zero-order chi connectivity index (χ0) is 10.1. The number of imidazole rings is 1. The van der Waals surface area contributed by atoms with Gasteiger partial charge in [-0.25, -0.2) is 0 Å². The number of rotatable bonds is 2. The Balaban J connectivity index is 2.68. The highest BCUT2D eigenvalue weighted by atomic mass is 79.9. The van der Waals surface area contributed by atoms with Gasteiger partial charge in [0.15, 0.2) is 4.77 Å². The maximum Gasteiger partial charge on any atom is 0.178 e. The number of nitrogens with one attached hydrogen (secondary N) is 1. The highest BCUT2D eigenvalue weighted by molar-refractivity contribution is 9.11. The Morgan fingerprint density at radius 3 is 3.21 bits per heavy atom. The summed E-state index contributed by atoms with van der Waals surface area (Å²) in [6.45, 7) is 4.47. The number of nitrogens with zero attached hydrogens (tertiary/aromatic N) is 2. The maximum absolute atomic E-state index is 5.19. The van der Waals surface area contributed by atoms with Crippen LogP contribution in [-0.2, 0) is 6.54 Å². The van der Waals surface area contributed by atoms with Crippen LogP contribution in [0.2, 0.25) is 0 Å². The summed E-state index contributed by atoms with van der Waals surface area (Å²) in [5.74, 6) is 0. The molecular weight excluding hydrogens is 262 g/mol. The summed E-state index contributed by atoms with van der Waals surface area (Å²) in [6, 6.07) is 1.93. The predicted molar refractivity (Wildman–Crippen MR) is 63.0 cm³/mol. The van der Waals surface area contributed by atoms with Crippen molar-refractivity contribution in [1.82, 2.24) is 14.5 Å². The van der Waals surface area contributed by atoms with Crippen LogP contribution in [-0.4, -0.2) is 14.5 Å². The molecule has 0 aliphatic rings. The van der Waals surface area contributed by atoms with Crippen LogP contribution < -0.4 is 0 Å². The van der Waals surface area contributed by atoms with Crippen molar-refractivity contribution in [2.24, 2.45) is 0 Å². The summed E-state index contributed by atoms with van der Waals surface area (Å²) in [5.41, 5.74) is 2.00. The monoisotopic (exact) mass is 269 g/mol. The molecule has 14 heavy (non-hydrogen) atoms. The Morgan fingerprint density at radius 2 is 2.50 bits per heavy atom. The molecule has 0 radical (unpaired) electrons. The van der Waals surface area contributed by atoms with E-state index in [2.05, 4.69) is 32.5 Å².